The van der Waals surface area contributed by atoms with Crippen LogP contribution >= 0.6 is 11.6 Å². The number of aromatic nitrogens is 2. The van der Waals surface area contributed by atoms with Gasteiger partial charge in [0.1, 0.15) is 5.82 Å². The molecule has 0 spiro atoms. The standard InChI is InChI=1S/C22H20ClN3O2/c1-3-14-7-9-15(10-8-14)21(28)18-12-19(27)24-22-20(18)13(2)25-26(22)17-6-4-5-16(23)11-17/h4-11,18H,3,12H2,1-2H3,(H,24,27). The average molecular weight is 394 g/mol. The van der Waals surface area contributed by atoms with Crippen molar-refractivity contribution in [1.82, 2.24) is 9.78 Å². The van der Waals surface area contributed by atoms with E-state index in [9.17, 15) is 9.59 Å². The van der Waals surface area contributed by atoms with Gasteiger partial charge in [-0.3, -0.25) is 9.59 Å². The van der Waals surface area contributed by atoms with Gasteiger partial charge in [0.25, 0.3) is 0 Å². The molecule has 1 unspecified atom stereocenters. The summed E-state index contributed by atoms with van der Waals surface area (Å²) in [6.07, 6.45) is 1.03. The van der Waals surface area contributed by atoms with Crippen LogP contribution in [0, 0.1) is 6.92 Å². The average Bonchev–Trinajstić information content (AvgIpc) is 3.03. The van der Waals surface area contributed by atoms with Crippen LogP contribution in [-0.4, -0.2) is 21.5 Å². The van der Waals surface area contributed by atoms with Crippen LogP contribution in [0.1, 0.15) is 46.4 Å². The van der Waals surface area contributed by atoms with E-state index >= 15 is 0 Å². The molecule has 1 aliphatic rings. The fraction of sp³-hybridized carbons (Fsp3) is 0.227. The molecular weight excluding hydrogens is 374 g/mol. The minimum Gasteiger partial charge on any atom is -0.310 e. The predicted octanol–water partition coefficient (Wildman–Crippen LogP) is 4.71. The molecule has 2 aromatic carbocycles. The van der Waals surface area contributed by atoms with Crippen molar-refractivity contribution >= 4 is 29.1 Å². The molecule has 0 aliphatic carbocycles. The first-order valence-electron chi connectivity index (χ1n) is 9.26. The lowest BCUT2D eigenvalue weighted by molar-refractivity contribution is -0.116. The quantitative estimate of drug-likeness (QED) is 0.653. The highest BCUT2D eigenvalue weighted by Crippen LogP contribution is 2.38. The van der Waals surface area contributed by atoms with E-state index in [2.05, 4.69) is 17.3 Å². The number of anilines is 1. The van der Waals surface area contributed by atoms with Crippen molar-refractivity contribution in [3.05, 3.63) is 75.9 Å². The third-order valence-electron chi connectivity index (χ3n) is 5.12. The van der Waals surface area contributed by atoms with Gasteiger partial charge in [0.15, 0.2) is 5.78 Å². The molecule has 1 aliphatic heterocycles. The number of Topliss-reactive ketones (excluding diaryl/α,β-unsaturated/α-hetero) is 1. The molecule has 1 N–H and O–H groups in total. The lowest BCUT2D eigenvalue weighted by Gasteiger charge is -2.23. The van der Waals surface area contributed by atoms with Crippen LogP contribution in [0.3, 0.4) is 0 Å². The van der Waals surface area contributed by atoms with Gasteiger partial charge in [0.2, 0.25) is 5.91 Å². The van der Waals surface area contributed by atoms with Crippen molar-refractivity contribution in [3.63, 3.8) is 0 Å². The molecule has 0 saturated heterocycles. The van der Waals surface area contributed by atoms with Gasteiger partial charge in [-0.05, 0) is 37.1 Å². The summed E-state index contributed by atoms with van der Waals surface area (Å²) in [7, 11) is 0. The van der Waals surface area contributed by atoms with Gasteiger partial charge in [-0.2, -0.15) is 5.10 Å². The van der Waals surface area contributed by atoms with Crippen LogP contribution in [0.25, 0.3) is 5.69 Å². The molecule has 5 nitrogen and oxygen atoms in total. The van der Waals surface area contributed by atoms with E-state index in [1.165, 1.54) is 5.56 Å². The lowest BCUT2D eigenvalue weighted by atomic mass is 9.85. The van der Waals surface area contributed by atoms with Crippen molar-refractivity contribution in [1.29, 1.82) is 0 Å². The van der Waals surface area contributed by atoms with Gasteiger partial charge < -0.3 is 5.32 Å². The SMILES string of the molecule is CCc1ccc(C(=O)C2CC(=O)Nc3c2c(C)nn3-c2cccc(Cl)c2)cc1. The summed E-state index contributed by atoms with van der Waals surface area (Å²) < 4.78 is 1.65. The zero-order chi connectivity index (χ0) is 19.8. The number of hydrogen-bond donors (Lipinski definition) is 1. The molecule has 0 radical (unpaired) electrons. The molecule has 3 aromatic rings. The van der Waals surface area contributed by atoms with E-state index in [1.807, 2.05) is 43.3 Å². The number of nitrogens with one attached hydrogen (secondary N) is 1. The molecule has 0 bridgehead atoms. The molecule has 6 heteroatoms. The van der Waals surface area contributed by atoms with Gasteiger partial charge in [-0.15, -0.1) is 0 Å². The fourth-order valence-electron chi connectivity index (χ4n) is 3.67. The highest BCUT2D eigenvalue weighted by atomic mass is 35.5. The molecule has 4 rings (SSSR count). The molecule has 1 aromatic heterocycles. The molecule has 2 heterocycles. The maximum absolute atomic E-state index is 13.2. The molecular formula is C22H20ClN3O2. The van der Waals surface area contributed by atoms with Crippen molar-refractivity contribution in [2.24, 2.45) is 0 Å². The number of nitrogens with zero attached hydrogens (tertiary/aromatic N) is 2. The first kappa shape index (κ1) is 18.4. The number of hydrogen-bond acceptors (Lipinski definition) is 3. The minimum atomic E-state index is -0.552. The Kier molecular flexibility index (Phi) is 4.77. The Hall–Kier alpha value is -2.92. The van der Waals surface area contributed by atoms with Crippen LogP contribution in [0.15, 0.2) is 48.5 Å². The Bertz CT molecular complexity index is 1070. The van der Waals surface area contributed by atoms with Crippen molar-refractivity contribution < 1.29 is 9.59 Å². The molecule has 142 valence electrons. The number of halogens is 1. The number of aryl methyl sites for hydroxylation is 2. The fourth-order valence-corrected chi connectivity index (χ4v) is 3.86. The molecule has 28 heavy (non-hydrogen) atoms. The molecule has 0 saturated carbocycles. The van der Waals surface area contributed by atoms with Gasteiger partial charge in [0, 0.05) is 22.6 Å². The lowest BCUT2D eigenvalue weighted by Crippen LogP contribution is -2.28. The summed E-state index contributed by atoms with van der Waals surface area (Å²) in [5, 5.41) is 8.05. The van der Waals surface area contributed by atoms with Crippen LogP contribution in [0.4, 0.5) is 5.82 Å². The maximum atomic E-state index is 13.2. The number of carbonyl (C=O) groups is 2. The second-order valence-electron chi connectivity index (χ2n) is 6.96. The Morgan fingerprint density at radius 2 is 2.00 bits per heavy atom. The Balaban J connectivity index is 1.78. The first-order chi connectivity index (χ1) is 13.5. The Labute approximate surface area is 168 Å². The van der Waals surface area contributed by atoms with Crippen LogP contribution in [0.2, 0.25) is 5.02 Å². The number of fused-ring (bicyclic) bond motifs is 1. The highest BCUT2D eigenvalue weighted by molar-refractivity contribution is 6.30. The van der Waals surface area contributed by atoms with Crippen molar-refractivity contribution in [2.75, 3.05) is 5.32 Å². The van der Waals surface area contributed by atoms with E-state index < -0.39 is 5.92 Å². The van der Waals surface area contributed by atoms with Gasteiger partial charge in [-0.1, -0.05) is 48.9 Å². The van der Waals surface area contributed by atoms with Crippen LogP contribution in [-0.2, 0) is 11.2 Å². The van der Waals surface area contributed by atoms with E-state index in [0.29, 0.717) is 16.4 Å². The smallest absolute Gasteiger partial charge is 0.226 e. The number of benzene rings is 2. The number of amides is 1. The summed E-state index contributed by atoms with van der Waals surface area (Å²) in [5.74, 6) is -0.268. The van der Waals surface area contributed by atoms with Gasteiger partial charge >= 0.3 is 0 Å². The van der Waals surface area contributed by atoms with E-state index in [1.54, 1.807) is 16.8 Å². The monoisotopic (exact) mass is 393 g/mol. The van der Waals surface area contributed by atoms with E-state index in [0.717, 1.165) is 23.4 Å². The third-order valence-corrected chi connectivity index (χ3v) is 5.35. The maximum Gasteiger partial charge on any atom is 0.226 e. The summed E-state index contributed by atoms with van der Waals surface area (Å²) in [4.78, 5) is 25.6. The Morgan fingerprint density at radius 1 is 1.25 bits per heavy atom. The normalized spacial score (nSPS) is 15.8. The van der Waals surface area contributed by atoms with E-state index in [4.69, 9.17) is 11.6 Å². The van der Waals surface area contributed by atoms with Gasteiger partial charge in [-0.25, -0.2) is 4.68 Å². The van der Waals surface area contributed by atoms with Crippen molar-refractivity contribution in [3.8, 4) is 5.69 Å². The molecule has 0 fully saturated rings. The van der Waals surface area contributed by atoms with Gasteiger partial charge in [0.05, 0.1) is 17.3 Å². The van der Waals surface area contributed by atoms with E-state index in [-0.39, 0.29) is 18.1 Å². The number of rotatable bonds is 4. The summed E-state index contributed by atoms with van der Waals surface area (Å²) in [5.41, 5.74) is 4.00. The third kappa shape index (κ3) is 3.22. The first-order valence-corrected chi connectivity index (χ1v) is 9.64. The number of carbonyl (C=O) groups excluding carboxylic acids is 2. The summed E-state index contributed by atoms with van der Waals surface area (Å²) >= 11 is 6.11. The summed E-state index contributed by atoms with van der Waals surface area (Å²) in [6, 6.07) is 14.8. The topological polar surface area (TPSA) is 64.0 Å². The predicted molar refractivity (Wildman–Crippen MR) is 109 cm³/mol. The van der Waals surface area contributed by atoms with Crippen molar-refractivity contribution in [2.45, 2.75) is 32.6 Å². The number of ketones is 1. The second-order valence-corrected chi connectivity index (χ2v) is 7.40. The molecule has 1 amide bonds. The largest absolute Gasteiger partial charge is 0.310 e. The zero-order valence-electron chi connectivity index (χ0n) is 15.7. The summed E-state index contributed by atoms with van der Waals surface area (Å²) in [6.45, 7) is 3.93. The second kappa shape index (κ2) is 7.24. The van der Waals surface area contributed by atoms with Crippen LogP contribution in [0.5, 0.6) is 0 Å². The zero-order valence-corrected chi connectivity index (χ0v) is 16.5. The van der Waals surface area contributed by atoms with Crippen LogP contribution < -0.4 is 5.32 Å². The highest BCUT2D eigenvalue weighted by Gasteiger charge is 2.36. The Morgan fingerprint density at radius 3 is 2.68 bits per heavy atom. The molecule has 1 atom stereocenters. The minimum absolute atomic E-state index is 0.0625.